The van der Waals surface area contributed by atoms with Crippen LogP contribution >= 0.6 is 0 Å². The Kier molecular flexibility index (Phi) is 8.97. The first-order valence-corrected chi connectivity index (χ1v) is 13.9. The van der Waals surface area contributed by atoms with E-state index in [1.165, 1.54) is 89.2 Å². The SMILES string of the molecule is CC1CCC(C2CCC(C3CCC(CCc4cc(F)c(/C=C/C(F)(F)F)c(F)c4)CC3)CC2)CC1. The van der Waals surface area contributed by atoms with E-state index in [1.807, 2.05) is 0 Å². The van der Waals surface area contributed by atoms with Gasteiger partial charge in [-0.15, -0.1) is 0 Å². The highest BCUT2D eigenvalue weighted by molar-refractivity contribution is 5.52. The van der Waals surface area contributed by atoms with E-state index < -0.39 is 23.4 Å². The maximum atomic E-state index is 14.2. The summed E-state index contributed by atoms with van der Waals surface area (Å²) in [6, 6.07) is 2.38. The van der Waals surface area contributed by atoms with Crippen molar-refractivity contribution in [1.82, 2.24) is 0 Å². The van der Waals surface area contributed by atoms with Gasteiger partial charge in [0.15, 0.2) is 0 Å². The normalized spacial score (nSPS) is 32.7. The van der Waals surface area contributed by atoms with Gasteiger partial charge in [0, 0.05) is 11.6 Å². The van der Waals surface area contributed by atoms with Gasteiger partial charge in [-0.3, -0.25) is 0 Å². The van der Waals surface area contributed by atoms with Gasteiger partial charge >= 0.3 is 6.18 Å². The van der Waals surface area contributed by atoms with Crippen LogP contribution in [0.3, 0.4) is 0 Å². The number of benzene rings is 1. The Bertz CT molecular complexity index is 810. The predicted octanol–water partition coefficient (Wildman–Crippen LogP) is 9.91. The molecule has 5 heteroatoms. The fourth-order valence-corrected chi connectivity index (χ4v) is 7.28. The number of alkyl halides is 3. The highest BCUT2D eigenvalue weighted by atomic mass is 19.4. The van der Waals surface area contributed by atoms with Gasteiger partial charge in [0.05, 0.1) is 0 Å². The third-order valence-electron chi connectivity index (χ3n) is 9.52. The highest BCUT2D eigenvalue weighted by Gasteiger charge is 2.34. The number of allylic oxidation sites excluding steroid dienone is 1. The third-order valence-corrected chi connectivity index (χ3v) is 9.52. The highest BCUT2D eigenvalue weighted by Crippen LogP contribution is 2.46. The molecule has 3 saturated carbocycles. The summed E-state index contributed by atoms with van der Waals surface area (Å²) in [6.07, 6.45) is 13.5. The molecule has 4 rings (SSSR count). The lowest BCUT2D eigenvalue weighted by molar-refractivity contribution is -0.0790. The molecule has 0 amide bonds. The van der Waals surface area contributed by atoms with Gasteiger partial charge in [-0.1, -0.05) is 32.6 Å². The maximum absolute atomic E-state index is 14.2. The van der Waals surface area contributed by atoms with Crippen molar-refractivity contribution in [1.29, 1.82) is 0 Å². The number of rotatable bonds is 6. The van der Waals surface area contributed by atoms with E-state index >= 15 is 0 Å². The average molecular weight is 497 g/mol. The van der Waals surface area contributed by atoms with Crippen LogP contribution in [-0.4, -0.2) is 6.18 Å². The molecule has 3 aliphatic rings. The number of hydrogen-bond donors (Lipinski definition) is 0. The van der Waals surface area contributed by atoms with Crippen molar-refractivity contribution in [3.05, 3.63) is 41.0 Å². The minimum absolute atomic E-state index is 0.129. The molecule has 0 nitrogen and oxygen atoms in total. The lowest BCUT2D eigenvalue weighted by atomic mass is 9.65. The van der Waals surface area contributed by atoms with E-state index in [0.29, 0.717) is 24.0 Å². The third kappa shape index (κ3) is 7.55. The molecule has 0 spiro atoms. The van der Waals surface area contributed by atoms with Crippen LogP contribution in [-0.2, 0) is 6.42 Å². The summed E-state index contributed by atoms with van der Waals surface area (Å²) < 4.78 is 65.4. The summed E-state index contributed by atoms with van der Waals surface area (Å²) in [6.45, 7) is 2.40. The van der Waals surface area contributed by atoms with Gasteiger partial charge in [0.25, 0.3) is 0 Å². The average Bonchev–Trinajstić information content (AvgIpc) is 2.82. The summed E-state index contributed by atoms with van der Waals surface area (Å²) in [7, 11) is 0. The molecule has 196 valence electrons. The van der Waals surface area contributed by atoms with Crippen LogP contribution in [0.15, 0.2) is 18.2 Å². The summed E-state index contributed by atoms with van der Waals surface area (Å²) >= 11 is 0. The van der Waals surface area contributed by atoms with Crippen LogP contribution in [0.4, 0.5) is 22.0 Å². The fourth-order valence-electron chi connectivity index (χ4n) is 7.28. The first-order valence-electron chi connectivity index (χ1n) is 13.9. The number of hydrogen-bond acceptors (Lipinski definition) is 0. The first-order chi connectivity index (χ1) is 16.7. The quantitative estimate of drug-likeness (QED) is 0.344. The summed E-state index contributed by atoms with van der Waals surface area (Å²) in [4.78, 5) is 0. The van der Waals surface area contributed by atoms with Crippen LogP contribution in [0.5, 0.6) is 0 Å². The molecular formula is C30H41F5. The topological polar surface area (TPSA) is 0 Å². The van der Waals surface area contributed by atoms with E-state index in [9.17, 15) is 22.0 Å². The van der Waals surface area contributed by atoms with Gasteiger partial charge in [-0.05, 0) is 123 Å². The van der Waals surface area contributed by atoms with Crippen molar-refractivity contribution in [2.45, 2.75) is 103 Å². The van der Waals surface area contributed by atoms with Crippen molar-refractivity contribution in [2.24, 2.45) is 35.5 Å². The van der Waals surface area contributed by atoms with Crippen LogP contribution in [0.25, 0.3) is 6.08 Å². The van der Waals surface area contributed by atoms with E-state index in [1.54, 1.807) is 0 Å². The van der Waals surface area contributed by atoms with Gasteiger partial charge in [-0.25, -0.2) is 8.78 Å². The molecule has 0 radical (unpaired) electrons. The smallest absolute Gasteiger partial charge is 0.206 e. The largest absolute Gasteiger partial charge is 0.409 e. The van der Waals surface area contributed by atoms with Crippen molar-refractivity contribution < 1.29 is 22.0 Å². The second kappa shape index (κ2) is 11.8. The van der Waals surface area contributed by atoms with Crippen LogP contribution in [0.1, 0.15) is 102 Å². The van der Waals surface area contributed by atoms with E-state index in [-0.39, 0.29) is 6.08 Å². The zero-order chi connectivity index (χ0) is 25.0. The second-order valence-corrected chi connectivity index (χ2v) is 11.9. The Balaban J connectivity index is 1.19. The molecule has 3 fully saturated rings. The Hall–Kier alpha value is -1.39. The zero-order valence-corrected chi connectivity index (χ0v) is 21.1. The summed E-state index contributed by atoms with van der Waals surface area (Å²) in [5.41, 5.74) is -0.0962. The summed E-state index contributed by atoms with van der Waals surface area (Å²) in [5.74, 6) is 3.31. The maximum Gasteiger partial charge on any atom is 0.409 e. The molecule has 0 unspecified atom stereocenters. The molecule has 0 saturated heterocycles. The Labute approximate surface area is 207 Å². The molecule has 35 heavy (non-hydrogen) atoms. The molecule has 0 N–H and O–H groups in total. The molecule has 1 aromatic carbocycles. The lowest BCUT2D eigenvalue weighted by Crippen LogP contribution is -2.29. The molecule has 0 bridgehead atoms. The molecule has 3 aliphatic carbocycles. The molecule has 0 heterocycles. The lowest BCUT2D eigenvalue weighted by Gasteiger charge is -2.41. The van der Waals surface area contributed by atoms with Crippen molar-refractivity contribution >= 4 is 6.08 Å². The monoisotopic (exact) mass is 496 g/mol. The Morgan fingerprint density at radius 3 is 1.60 bits per heavy atom. The molecule has 0 atom stereocenters. The molecule has 1 aromatic rings. The minimum Gasteiger partial charge on any atom is -0.206 e. The molecule has 0 aliphatic heterocycles. The van der Waals surface area contributed by atoms with Crippen LogP contribution in [0.2, 0.25) is 0 Å². The van der Waals surface area contributed by atoms with Crippen LogP contribution < -0.4 is 0 Å². The van der Waals surface area contributed by atoms with E-state index in [2.05, 4.69) is 6.92 Å². The zero-order valence-electron chi connectivity index (χ0n) is 21.1. The van der Waals surface area contributed by atoms with Crippen molar-refractivity contribution in [3.63, 3.8) is 0 Å². The summed E-state index contributed by atoms with van der Waals surface area (Å²) in [5, 5.41) is 0. The minimum atomic E-state index is -4.59. The van der Waals surface area contributed by atoms with Gasteiger partial charge in [0.2, 0.25) is 0 Å². The second-order valence-electron chi connectivity index (χ2n) is 11.9. The van der Waals surface area contributed by atoms with E-state index in [0.717, 1.165) is 36.0 Å². The first kappa shape index (κ1) is 26.7. The fraction of sp³-hybridized carbons (Fsp3) is 0.733. The number of aryl methyl sites for hydroxylation is 1. The Morgan fingerprint density at radius 1 is 0.714 bits per heavy atom. The van der Waals surface area contributed by atoms with Crippen molar-refractivity contribution in [3.8, 4) is 0 Å². The standard InChI is InChI=1S/C30H41F5/c1-20-2-8-23(9-3-20)25-12-14-26(15-13-25)24-10-6-21(7-11-24)4-5-22-18-28(31)27(29(32)19-22)16-17-30(33,34)35/h16-21,23-26H,2-15H2,1H3/b17-16+. The molecule has 0 aromatic heterocycles. The van der Waals surface area contributed by atoms with E-state index in [4.69, 9.17) is 0 Å². The van der Waals surface area contributed by atoms with Gasteiger partial charge < -0.3 is 0 Å². The number of halogens is 5. The van der Waals surface area contributed by atoms with Gasteiger partial charge in [-0.2, -0.15) is 13.2 Å². The van der Waals surface area contributed by atoms with Crippen LogP contribution in [0, 0.1) is 47.1 Å². The predicted molar refractivity (Wildman–Crippen MR) is 132 cm³/mol. The van der Waals surface area contributed by atoms with Crippen molar-refractivity contribution in [2.75, 3.05) is 0 Å². The Morgan fingerprint density at radius 2 is 1.14 bits per heavy atom. The van der Waals surface area contributed by atoms with Gasteiger partial charge in [0.1, 0.15) is 11.6 Å². The molecular weight excluding hydrogens is 455 g/mol.